The summed E-state index contributed by atoms with van der Waals surface area (Å²) in [6.07, 6.45) is 2.41. The standard InChI is InChI=1S/C11H16N2O2/c1-15-11-9(3-2-5-12-11)7-13-6-4-10(14)8-13/h2-3,5,10,14H,4,6-8H2,1H3/t10-/m0/s1. The van der Waals surface area contributed by atoms with Gasteiger partial charge in [-0.2, -0.15) is 0 Å². The molecule has 1 aliphatic rings. The average molecular weight is 208 g/mol. The predicted octanol–water partition coefficient (Wildman–Crippen LogP) is 0.657. The first-order valence-corrected chi connectivity index (χ1v) is 5.18. The van der Waals surface area contributed by atoms with E-state index >= 15 is 0 Å². The van der Waals surface area contributed by atoms with Gasteiger partial charge in [0.15, 0.2) is 0 Å². The van der Waals surface area contributed by atoms with Crippen molar-refractivity contribution in [2.24, 2.45) is 0 Å². The first-order valence-electron chi connectivity index (χ1n) is 5.18. The first kappa shape index (κ1) is 10.4. The summed E-state index contributed by atoms with van der Waals surface area (Å²) in [5, 5.41) is 9.42. The van der Waals surface area contributed by atoms with E-state index in [9.17, 15) is 5.11 Å². The lowest BCUT2D eigenvalue weighted by atomic mass is 10.2. The largest absolute Gasteiger partial charge is 0.481 e. The van der Waals surface area contributed by atoms with Crippen LogP contribution in [0.3, 0.4) is 0 Å². The van der Waals surface area contributed by atoms with Crippen LogP contribution in [-0.4, -0.2) is 41.3 Å². The maximum atomic E-state index is 9.42. The quantitative estimate of drug-likeness (QED) is 0.792. The molecule has 0 radical (unpaired) electrons. The molecule has 1 fully saturated rings. The summed E-state index contributed by atoms with van der Waals surface area (Å²) >= 11 is 0. The molecular weight excluding hydrogens is 192 g/mol. The van der Waals surface area contributed by atoms with E-state index in [0.717, 1.165) is 31.6 Å². The summed E-state index contributed by atoms with van der Waals surface area (Å²) in [6.45, 7) is 2.49. The van der Waals surface area contributed by atoms with E-state index in [0.29, 0.717) is 5.88 Å². The predicted molar refractivity (Wildman–Crippen MR) is 56.7 cm³/mol. The lowest BCUT2D eigenvalue weighted by molar-refractivity contribution is 0.174. The molecule has 0 amide bonds. The minimum absolute atomic E-state index is 0.173. The summed E-state index contributed by atoms with van der Waals surface area (Å²) in [5.41, 5.74) is 1.08. The first-order chi connectivity index (χ1) is 7.29. The number of ether oxygens (including phenoxy) is 1. The number of likely N-dealkylation sites (tertiary alicyclic amines) is 1. The number of aliphatic hydroxyl groups excluding tert-OH is 1. The molecule has 0 saturated carbocycles. The monoisotopic (exact) mass is 208 g/mol. The topological polar surface area (TPSA) is 45.6 Å². The van der Waals surface area contributed by atoms with Gasteiger partial charge in [-0.1, -0.05) is 6.07 Å². The van der Waals surface area contributed by atoms with E-state index < -0.39 is 0 Å². The van der Waals surface area contributed by atoms with Crippen LogP contribution in [0, 0.1) is 0 Å². The molecule has 0 aromatic carbocycles. The van der Waals surface area contributed by atoms with Crippen LogP contribution >= 0.6 is 0 Å². The SMILES string of the molecule is COc1ncccc1CN1CC[C@H](O)C1. The lowest BCUT2D eigenvalue weighted by Gasteiger charge is -2.16. The van der Waals surface area contributed by atoms with Crippen LogP contribution in [0.2, 0.25) is 0 Å². The second-order valence-electron chi connectivity index (χ2n) is 3.85. The van der Waals surface area contributed by atoms with Crippen molar-refractivity contribution in [3.63, 3.8) is 0 Å². The Balaban J connectivity index is 2.04. The number of pyridine rings is 1. The second kappa shape index (κ2) is 4.59. The zero-order chi connectivity index (χ0) is 10.7. The number of aliphatic hydroxyl groups is 1. The van der Waals surface area contributed by atoms with Crippen LogP contribution in [-0.2, 0) is 6.54 Å². The van der Waals surface area contributed by atoms with E-state index in [-0.39, 0.29) is 6.10 Å². The maximum absolute atomic E-state index is 9.42. The van der Waals surface area contributed by atoms with Crippen LogP contribution in [0.4, 0.5) is 0 Å². The smallest absolute Gasteiger partial charge is 0.217 e. The number of rotatable bonds is 3. The Morgan fingerprint density at radius 3 is 3.20 bits per heavy atom. The number of nitrogens with zero attached hydrogens (tertiary/aromatic N) is 2. The molecule has 82 valence electrons. The molecule has 4 heteroatoms. The third-order valence-electron chi connectivity index (χ3n) is 2.68. The molecule has 0 unspecified atom stereocenters. The summed E-state index contributed by atoms with van der Waals surface area (Å²) in [7, 11) is 1.63. The fraction of sp³-hybridized carbons (Fsp3) is 0.545. The molecule has 1 atom stereocenters. The zero-order valence-corrected chi connectivity index (χ0v) is 8.89. The van der Waals surface area contributed by atoms with E-state index in [1.807, 2.05) is 12.1 Å². The van der Waals surface area contributed by atoms with Crippen molar-refractivity contribution in [1.82, 2.24) is 9.88 Å². The molecule has 1 aliphatic heterocycles. The lowest BCUT2D eigenvalue weighted by Crippen LogP contribution is -2.21. The summed E-state index contributed by atoms with van der Waals surface area (Å²) < 4.78 is 5.18. The molecule has 15 heavy (non-hydrogen) atoms. The van der Waals surface area contributed by atoms with Gasteiger partial charge in [-0.15, -0.1) is 0 Å². The highest BCUT2D eigenvalue weighted by Crippen LogP contribution is 2.19. The van der Waals surface area contributed by atoms with Crippen LogP contribution in [0.1, 0.15) is 12.0 Å². The van der Waals surface area contributed by atoms with Gasteiger partial charge in [0.2, 0.25) is 5.88 Å². The van der Waals surface area contributed by atoms with Gasteiger partial charge in [0, 0.05) is 31.4 Å². The molecule has 4 nitrogen and oxygen atoms in total. The fourth-order valence-corrected chi connectivity index (χ4v) is 1.92. The Labute approximate surface area is 89.5 Å². The normalized spacial score (nSPS) is 21.9. The van der Waals surface area contributed by atoms with E-state index in [4.69, 9.17) is 4.74 Å². The second-order valence-corrected chi connectivity index (χ2v) is 3.85. The molecule has 1 N–H and O–H groups in total. The molecule has 2 heterocycles. The highest BCUT2D eigenvalue weighted by atomic mass is 16.5. The van der Waals surface area contributed by atoms with Crippen LogP contribution < -0.4 is 4.74 Å². The highest BCUT2D eigenvalue weighted by molar-refractivity contribution is 5.25. The van der Waals surface area contributed by atoms with Gasteiger partial charge in [-0.05, 0) is 12.5 Å². The van der Waals surface area contributed by atoms with Crippen molar-refractivity contribution < 1.29 is 9.84 Å². The Bertz CT molecular complexity index is 330. The molecule has 1 saturated heterocycles. The van der Waals surface area contributed by atoms with E-state index in [1.165, 1.54) is 0 Å². The van der Waals surface area contributed by atoms with Crippen LogP contribution in [0.15, 0.2) is 18.3 Å². The van der Waals surface area contributed by atoms with Gasteiger partial charge < -0.3 is 9.84 Å². The molecule has 2 rings (SSSR count). The number of hydrogen-bond acceptors (Lipinski definition) is 4. The number of β-amino-alcohol motifs (C(OH)–C–C–N with tert-alkyl or cyclic N) is 1. The molecule has 1 aromatic rings. The summed E-state index contributed by atoms with van der Waals surface area (Å²) in [4.78, 5) is 6.36. The van der Waals surface area contributed by atoms with Gasteiger partial charge in [-0.3, -0.25) is 4.90 Å². The van der Waals surface area contributed by atoms with E-state index in [2.05, 4.69) is 9.88 Å². The Kier molecular flexibility index (Phi) is 3.18. The molecule has 0 spiro atoms. The van der Waals surface area contributed by atoms with Gasteiger partial charge >= 0.3 is 0 Å². The van der Waals surface area contributed by atoms with Crippen LogP contribution in [0.5, 0.6) is 5.88 Å². The van der Waals surface area contributed by atoms with Crippen molar-refractivity contribution in [2.75, 3.05) is 20.2 Å². The molecule has 0 aliphatic carbocycles. The van der Waals surface area contributed by atoms with Gasteiger partial charge in [0.25, 0.3) is 0 Å². The van der Waals surface area contributed by atoms with Gasteiger partial charge in [-0.25, -0.2) is 4.98 Å². The average Bonchev–Trinajstić information content (AvgIpc) is 2.65. The Morgan fingerprint density at radius 2 is 2.53 bits per heavy atom. The summed E-state index contributed by atoms with van der Waals surface area (Å²) in [5.74, 6) is 0.680. The minimum Gasteiger partial charge on any atom is -0.481 e. The molecule has 1 aromatic heterocycles. The molecular formula is C11H16N2O2. The highest BCUT2D eigenvalue weighted by Gasteiger charge is 2.21. The van der Waals surface area contributed by atoms with Crippen molar-refractivity contribution >= 4 is 0 Å². The number of methoxy groups -OCH3 is 1. The van der Waals surface area contributed by atoms with Crippen molar-refractivity contribution in [2.45, 2.75) is 19.1 Å². The van der Waals surface area contributed by atoms with Crippen LogP contribution in [0.25, 0.3) is 0 Å². The van der Waals surface area contributed by atoms with Gasteiger partial charge in [0.1, 0.15) is 0 Å². The molecule has 0 bridgehead atoms. The van der Waals surface area contributed by atoms with Crippen molar-refractivity contribution in [1.29, 1.82) is 0 Å². The van der Waals surface area contributed by atoms with Gasteiger partial charge in [0.05, 0.1) is 13.2 Å². The third kappa shape index (κ3) is 2.46. The van der Waals surface area contributed by atoms with Crippen molar-refractivity contribution in [3.8, 4) is 5.88 Å². The third-order valence-corrected chi connectivity index (χ3v) is 2.68. The zero-order valence-electron chi connectivity index (χ0n) is 8.89. The summed E-state index contributed by atoms with van der Waals surface area (Å²) in [6, 6.07) is 3.92. The van der Waals surface area contributed by atoms with Crippen molar-refractivity contribution in [3.05, 3.63) is 23.9 Å². The van der Waals surface area contributed by atoms with E-state index in [1.54, 1.807) is 13.3 Å². The Hall–Kier alpha value is -1.13. The Morgan fingerprint density at radius 1 is 1.67 bits per heavy atom. The maximum Gasteiger partial charge on any atom is 0.217 e. The number of aromatic nitrogens is 1. The number of hydrogen-bond donors (Lipinski definition) is 1. The fourth-order valence-electron chi connectivity index (χ4n) is 1.92. The minimum atomic E-state index is -0.173.